The predicted octanol–water partition coefficient (Wildman–Crippen LogP) is 2.25. The maximum absolute atomic E-state index is 6.03. The summed E-state index contributed by atoms with van der Waals surface area (Å²) in [5, 5.41) is 1.02. The van der Waals surface area contributed by atoms with E-state index in [0.717, 1.165) is 22.3 Å². The van der Waals surface area contributed by atoms with Crippen molar-refractivity contribution in [1.29, 1.82) is 0 Å². The first-order valence-electron chi connectivity index (χ1n) is 4.69. The van der Waals surface area contributed by atoms with Gasteiger partial charge in [0.2, 0.25) is 0 Å². The molecule has 1 aromatic carbocycles. The molecule has 3 nitrogen and oxygen atoms in total. The lowest BCUT2D eigenvalue weighted by atomic mass is 10.2. The van der Waals surface area contributed by atoms with Crippen molar-refractivity contribution in [3.63, 3.8) is 0 Å². The van der Waals surface area contributed by atoms with E-state index in [1.807, 2.05) is 28.8 Å². The molecule has 1 aromatic heterocycles. The molecule has 15 heavy (non-hydrogen) atoms. The van der Waals surface area contributed by atoms with Crippen LogP contribution in [0.2, 0.25) is 0 Å². The molecule has 1 heterocycles. The first-order chi connectivity index (χ1) is 7.29. The molecule has 2 aromatic rings. The van der Waals surface area contributed by atoms with E-state index in [0.29, 0.717) is 0 Å². The minimum atomic E-state index is 0.729. The first-order valence-corrected chi connectivity index (χ1v) is 4.69. The minimum Gasteiger partial charge on any atom is -0.405 e. The summed E-state index contributed by atoms with van der Waals surface area (Å²) in [5.74, 6) is 0. The molecule has 0 aliphatic carbocycles. The summed E-state index contributed by atoms with van der Waals surface area (Å²) < 4.78 is 1.92. The minimum absolute atomic E-state index is 0.729. The summed E-state index contributed by atoms with van der Waals surface area (Å²) in [6, 6.07) is 7.92. The van der Waals surface area contributed by atoms with Crippen LogP contribution in [0.1, 0.15) is 5.69 Å². The van der Waals surface area contributed by atoms with Crippen LogP contribution in [-0.4, -0.2) is 4.57 Å². The zero-order valence-electron chi connectivity index (χ0n) is 8.35. The fourth-order valence-electron chi connectivity index (χ4n) is 1.77. The Bertz CT molecular complexity index is 535. The van der Waals surface area contributed by atoms with Crippen LogP contribution in [0.25, 0.3) is 23.2 Å². The molecule has 76 valence electrons. The van der Waals surface area contributed by atoms with Gasteiger partial charge in [-0.1, -0.05) is 24.8 Å². The number of aromatic nitrogens is 1. The number of nitrogens with zero attached hydrogens (tertiary/aromatic N) is 1. The molecule has 3 heteroatoms. The number of hydrogen-bond donors (Lipinski definition) is 2. The first kappa shape index (κ1) is 9.40. The summed E-state index contributed by atoms with van der Waals surface area (Å²) in [6.07, 6.45) is 4.98. The SMILES string of the molecule is C=Cn1c(/C=C\N)c(N)c2ccccc21. The number of fused-ring (bicyclic) bond motifs is 1. The smallest absolute Gasteiger partial charge is 0.0707 e. The van der Waals surface area contributed by atoms with Crippen molar-refractivity contribution in [2.45, 2.75) is 0 Å². The third kappa shape index (κ3) is 1.29. The number of anilines is 1. The van der Waals surface area contributed by atoms with Gasteiger partial charge in [-0.2, -0.15) is 0 Å². The quantitative estimate of drug-likeness (QED) is 0.779. The number of nitrogen functional groups attached to an aromatic ring is 1. The van der Waals surface area contributed by atoms with Crippen LogP contribution in [0.15, 0.2) is 37.0 Å². The summed E-state index contributed by atoms with van der Waals surface area (Å²) >= 11 is 0. The summed E-state index contributed by atoms with van der Waals surface area (Å²) in [7, 11) is 0. The van der Waals surface area contributed by atoms with Gasteiger partial charge in [0.15, 0.2) is 0 Å². The molecule has 0 fully saturated rings. The molecule has 0 saturated carbocycles. The Balaban J connectivity index is 2.89. The molecule has 4 N–H and O–H groups in total. The van der Waals surface area contributed by atoms with E-state index in [2.05, 4.69) is 6.58 Å². The fraction of sp³-hybridized carbons (Fsp3) is 0. The van der Waals surface area contributed by atoms with Crippen LogP contribution >= 0.6 is 0 Å². The Kier molecular flexibility index (Phi) is 2.21. The van der Waals surface area contributed by atoms with Gasteiger partial charge in [0, 0.05) is 11.6 Å². The average molecular weight is 199 g/mol. The van der Waals surface area contributed by atoms with Gasteiger partial charge in [-0.3, -0.25) is 0 Å². The van der Waals surface area contributed by atoms with Crippen molar-refractivity contribution in [1.82, 2.24) is 4.57 Å². The Hall–Kier alpha value is -2.16. The van der Waals surface area contributed by atoms with E-state index in [1.165, 1.54) is 6.20 Å². The molecule has 0 bridgehead atoms. The molecular formula is C12H13N3. The number of benzene rings is 1. The van der Waals surface area contributed by atoms with Crippen molar-refractivity contribution in [3.8, 4) is 0 Å². The highest BCUT2D eigenvalue weighted by Gasteiger charge is 2.09. The topological polar surface area (TPSA) is 57.0 Å². The van der Waals surface area contributed by atoms with E-state index < -0.39 is 0 Å². The molecule has 0 saturated heterocycles. The van der Waals surface area contributed by atoms with Crippen LogP contribution in [0.5, 0.6) is 0 Å². The molecule has 0 aliphatic rings. The van der Waals surface area contributed by atoms with Gasteiger partial charge in [-0.25, -0.2) is 0 Å². The number of para-hydroxylation sites is 1. The lowest BCUT2D eigenvalue weighted by Gasteiger charge is -1.99. The van der Waals surface area contributed by atoms with Gasteiger partial charge < -0.3 is 16.0 Å². The zero-order valence-corrected chi connectivity index (χ0v) is 8.35. The normalized spacial score (nSPS) is 11.2. The van der Waals surface area contributed by atoms with Gasteiger partial charge in [-0.05, 0) is 18.3 Å². The van der Waals surface area contributed by atoms with Gasteiger partial charge in [0.1, 0.15) is 0 Å². The fourth-order valence-corrected chi connectivity index (χ4v) is 1.77. The van der Waals surface area contributed by atoms with E-state index in [-0.39, 0.29) is 0 Å². The molecule has 0 aliphatic heterocycles. The molecule has 0 amide bonds. The molecule has 0 spiro atoms. The second kappa shape index (κ2) is 3.53. The van der Waals surface area contributed by atoms with E-state index in [4.69, 9.17) is 11.5 Å². The second-order valence-corrected chi connectivity index (χ2v) is 3.23. The lowest BCUT2D eigenvalue weighted by Crippen LogP contribution is -1.92. The maximum atomic E-state index is 6.03. The number of rotatable bonds is 2. The highest BCUT2D eigenvalue weighted by molar-refractivity contribution is 5.98. The number of nitrogens with two attached hydrogens (primary N) is 2. The molecule has 0 unspecified atom stereocenters. The lowest BCUT2D eigenvalue weighted by molar-refractivity contribution is 1.20. The van der Waals surface area contributed by atoms with Gasteiger partial charge >= 0.3 is 0 Å². The van der Waals surface area contributed by atoms with E-state index in [1.54, 1.807) is 12.3 Å². The second-order valence-electron chi connectivity index (χ2n) is 3.23. The molecule has 0 atom stereocenters. The van der Waals surface area contributed by atoms with E-state index in [9.17, 15) is 0 Å². The molecular weight excluding hydrogens is 186 g/mol. The largest absolute Gasteiger partial charge is 0.405 e. The predicted molar refractivity (Wildman–Crippen MR) is 66.0 cm³/mol. The van der Waals surface area contributed by atoms with Crippen LogP contribution in [0.4, 0.5) is 5.69 Å². The zero-order chi connectivity index (χ0) is 10.8. The van der Waals surface area contributed by atoms with E-state index >= 15 is 0 Å². The standard InChI is InChI=1S/C12H13N3/c1-2-15-10-6-4-3-5-9(10)12(14)11(15)7-8-13/h2-8H,1,13-14H2/b8-7-. The highest BCUT2D eigenvalue weighted by atomic mass is 15.0. The summed E-state index contributed by atoms with van der Waals surface area (Å²) in [5.41, 5.74) is 14.1. The Morgan fingerprint density at radius 2 is 2.00 bits per heavy atom. The average Bonchev–Trinajstić information content (AvgIpc) is 2.54. The van der Waals surface area contributed by atoms with Crippen molar-refractivity contribution in [2.75, 3.05) is 5.73 Å². The summed E-state index contributed by atoms with van der Waals surface area (Å²) in [4.78, 5) is 0. The van der Waals surface area contributed by atoms with Gasteiger partial charge in [0.25, 0.3) is 0 Å². The number of hydrogen-bond acceptors (Lipinski definition) is 2. The Morgan fingerprint density at radius 3 is 2.67 bits per heavy atom. The molecule has 2 rings (SSSR count). The van der Waals surface area contributed by atoms with Crippen LogP contribution in [-0.2, 0) is 0 Å². The van der Waals surface area contributed by atoms with Crippen LogP contribution in [0, 0.1) is 0 Å². The van der Waals surface area contributed by atoms with Crippen LogP contribution in [0.3, 0.4) is 0 Å². The molecule has 0 radical (unpaired) electrons. The summed E-state index contributed by atoms with van der Waals surface area (Å²) in [6.45, 7) is 3.77. The Morgan fingerprint density at radius 1 is 1.27 bits per heavy atom. The van der Waals surface area contributed by atoms with Crippen molar-refractivity contribution >= 4 is 28.9 Å². The van der Waals surface area contributed by atoms with Crippen molar-refractivity contribution in [3.05, 3.63) is 42.7 Å². The van der Waals surface area contributed by atoms with Gasteiger partial charge in [0.05, 0.1) is 16.9 Å². The monoisotopic (exact) mass is 199 g/mol. The Labute approximate surface area is 88.3 Å². The maximum Gasteiger partial charge on any atom is 0.0707 e. The third-order valence-electron chi connectivity index (χ3n) is 2.43. The third-order valence-corrected chi connectivity index (χ3v) is 2.43. The highest BCUT2D eigenvalue weighted by Crippen LogP contribution is 2.29. The van der Waals surface area contributed by atoms with Gasteiger partial charge in [-0.15, -0.1) is 0 Å². The van der Waals surface area contributed by atoms with Crippen molar-refractivity contribution in [2.24, 2.45) is 5.73 Å². The van der Waals surface area contributed by atoms with Crippen molar-refractivity contribution < 1.29 is 0 Å². The van der Waals surface area contributed by atoms with Crippen LogP contribution < -0.4 is 11.5 Å².